The van der Waals surface area contributed by atoms with Crippen LogP contribution in [0.2, 0.25) is 5.02 Å². The summed E-state index contributed by atoms with van der Waals surface area (Å²) in [5, 5.41) is 7.20. The molecule has 3 aromatic rings. The van der Waals surface area contributed by atoms with Gasteiger partial charge in [-0.2, -0.15) is 0 Å². The van der Waals surface area contributed by atoms with Crippen LogP contribution in [0.15, 0.2) is 36.1 Å². The molecule has 1 N–H and O–H groups in total. The van der Waals surface area contributed by atoms with E-state index in [1.54, 1.807) is 11.3 Å². The van der Waals surface area contributed by atoms with Crippen molar-refractivity contribution in [3.05, 3.63) is 51.8 Å². The normalized spacial score (nSPS) is 12.9. The number of hydrogen-bond donors (Lipinski definition) is 1. The highest BCUT2D eigenvalue weighted by Crippen LogP contribution is 2.16. The van der Waals surface area contributed by atoms with E-state index in [1.165, 1.54) is 0 Å². The van der Waals surface area contributed by atoms with Gasteiger partial charge in [-0.25, -0.2) is 9.97 Å². The molecule has 0 radical (unpaired) electrons. The van der Waals surface area contributed by atoms with Crippen molar-refractivity contribution in [2.75, 3.05) is 0 Å². The molecule has 6 heteroatoms. The molecule has 1 unspecified atom stereocenters. The second-order valence-corrected chi connectivity index (χ2v) is 5.68. The van der Waals surface area contributed by atoms with E-state index in [0.29, 0.717) is 11.6 Å². The fraction of sp³-hybridized carbons (Fsp3) is 0.231. The van der Waals surface area contributed by atoms with Crippen molar-refractivity contribution in [3.63, 3.8) is 0 Å². The van der Waals surface area contributed by atoms with Gasteiger partial charge in [0.2, 0.25) is 0 Å². The Bertz CT molecular complexity index is 677. The van der Waals surface area contributed by atoms with Crippen LogP contribution in [0.25, 0.3) is 5.65 Å². The van der Waals surface area contributed by atoms with Crippen LogP contribution in [0.5, 0.6) is 0 Å². The molecule has 1 atom stereocenters. The number of nitrogens with zero attached hydrogens (tertiary/aromatic N) is 3. The minimum Gasteiger partial charge on any atom is -0.305 e. The van der Waals surface area contributed by atoms with Gasteiger partial charge in [0.15, 0.2) is 0 Å². The standard InChI is InChI=1S/C13H13ClN4S/c1-9(13-15-4-5-19-13)16-6-11-8-18-7-10(14)2-3-12(18)17-11/h2-5,7-9,16H,6H2,1H3. The van der Waals surface area contributed by atoms with Crippen LogP contribution in [0.3, 0.4) is 0 Å². The minimum absolute atomic E-state index is 0.230. The summed E-state index contributed by atoms with van der Waals surface area (Å²) in [7, 11) is 0. The monoisotopic (exact) mass is 292 g/mol. The lowest BCUT2D eigenvalue weighted by Crippen LogP contribution is -2.18. The van der Waals surface area contributed by atoms with Crippen molar-refractivity contribution in [1.29, 1.82) is 0 Å². The average molecular weight is 293 g/mol. The van der Waals surface area contributed by atoms with Gasteiger partial charge in [0, 0.05) is 30.5 Å². The Morgan fingerprint density at radius 1 is 1.42 bits per heavy atom. The number of nitrogens with one attached hydrogen (secondary N) is 1. The Kier molecular flexibility index (Phi) is 3.50. The number of aromatic nitrogens is 3. The van der Waals surface area contributed by atoms with Crippen molar-refractivity contribution in [2.45, 2.75) is 19.5 Å². The van der Waals surface area contributed by atoms with Crippen LogP contribution in [0.4, 0.5) is 0 Å². The summed E-state index contributed by atoms with van der Waals surface area (Å²) in [5.41, 5.74) is 1.90. The minimum atomic E-state index is 0.230. The lowest BCUT2D eigenvalue weighted by atomic mass is 10.3. The lowest BCUT2D eigenvalue weighted by molar-refractivity contribution is 0.566. The Morgan fingerprint density at radius 2 is 2.32 bits per heavy atom. The number of hydrogen-bond acceptors (Lipinski definition) is 4. The van der Waals surface area contributed by atoms with Crippen molar-refractivity contribution in [3.8, 4) is 0 Å². The number of rotatable bonds is 4. The van der Waals surface area contributed by atoms with Gasteiger partial charge in [-0.05, 0) is 19.1 Å². The summed E-state index contributed by atoms with van der Waals surface area (Å²) in [4.78, 5) is 8.83. The first-order valence-electron chi connectivity index (χ1n) is 5.98. The predicted molar refractivity (Wildman–Crippen MR) is 77.6 cm³/mol. The molecule has 0 amide bonds. The molecule has 0 aliphatic rings. The molecule has 0 saturated heterocycles. The summed E-state index contributed by atoms with van der Waals surface area (Å²) in [6.07, 6.45) is 5.67. The van der Waals surface area contributed by atoms with Crippen LogP contribution in [0, 0.1) is 0 Å². The summed E-state index contributed by atoms with van der Waals surface area (Å²) in [5.74, 6) is 0. The maximum atomic E-state index is 5.95. The van der Waals surface area contributed by atoms with Gasteiger partial charge in [0.05, 0.1) is 16.8 Å². The third-order valence-electron chi connectivity index (χ3n) is 2.88. The third kappa shape index (κ3) is 2.78. The van der Waals surface area contributed by atoms with E-state index in [2.05, 4.69) is 22.2 Å². The van der Waals surface area contributed by atoms with E-state index in [-0.39, 0.29) is 6.04 Å². The van der Waals surface area contributed by atoms with E-state index in [4.69, 9.17) is 11.6 Å². The maximum Gasteiger partial charge on any atom is 0.137 e. The molecule has 0 saturated carbocycles. The first-order valence-corrected chi connectivity index (χ1v) is 7.24. The molecule has 3 heterocycles. The summed E-state index contributed by atoms with van der Waals surface area (Å²) < 4.78 is 1.94. The topological polar surface area (TPSA) is 42.2 Å². The fourth-order valence-corrected chi connectivity index (χ4v) is 2.73. The zero-order valence-electron chi connectivity index (χ0n) is 10.4. The summed E-state index contributed by atoms with van der Waals surface area (Å²) in [6.45, 7) is 2.81. The van der Waals surface area contributed by atoms with Crippen molar-refractivity contribution in [2.24, 2.45) is 0 Å². The first-order chi connectivity index (χ1) is 9.22. The van der Waals surface area contributed by atoms with Crippen molar-refractivity contribution >= 4 is 28.6 Å². The SMILES string of the molecule is CC(NCc1cn2cc(Cl)ccc2n1)c1nccs1. The van der Waals surface area contributed by atoms with Crippen LogP contribution in [-0.4, -0.2) is 14.4 Å². The highest BCUT2D eigenvalue weighted by atomic mass is 35.5. The van der Waals surface area contributed by atoms with Gasteiger partial charge in [0.25, 0.3) is 0 Å². The maximum absolute atomic E-state index is 5.95. The van der Waals surface area contributed by atoms with Gasteiger partial charge in [0.1, 0.15) is 10.7 Å². The Labute approximate surface area is 120 Å². The highest BCUT2D eigenvalue weighted by Gasteiger charge is 2.08. The first kappa shape index (κ1) is 12.6. The van der Waals surface area contributed by atoms with E-state index in [0.717, 1.165) is 16.3 Å². The molecular formula is C13H13ClN4S. The lowest BCUT2D eigenvalue weighted by Gasteiger charge is -2.08. The molecule has 0 aliphatic heterocycles. The van der Waals surface area contributed by atoms with E-state index < -0.39 is 0 Å². The molecule has 3 aromatic heterocycles. The van der Waals surface area contributed by atoms with Gasteiger partial charge < -0.3 is 9.72 Å². The van der Waals surface area contributed by atoms with Crippen LogP contribution in [-0.2, 0) is 6.54 Å². The number of fused-ring (bicyclic) bond motifs is 1. The molecule has 4 nitrogen and oxygen atoms in total. The van der Waals surface area contributed by atoms with E-state index in [1.807, 2.05) is 40.5 Å². The van der Waals surface area contributed by atoms with Gasteiger partial charge >= 0.3 is 0 Å². The van der Waals surface area contributed by atoms with E-state index in [9.17, 15) is 0 Å². The fourth-order valence-electron chi connectivity index (χ4n) is 1.90. The molecule has 0 fully saturated rings. The van der Waals surface area contributed by atoms with Gasteiger partial charge in [-0.3, -0.25) is 0 Å². The summed E-state index contributed by atoms with van der Waals surface area (Å²) in [6, 6.07) is 3.99. The zero-order valence-corrected chi connectivity index (χ0v) is 11.9. The summed E-state index contributed by atoms with van der Waals surface area (Å²) >= 11 is 7.61. The molecule has 0 bridgehead atoms. The van der Waals surface area contributed by atoms with Crippen molar-refractivity contribution < 1.29 is 0 Å². The number of imidazole rings is 1. The predicted octanol–water partition coefficient (Wildman–Crippen LogP) is 3.30. The molecule has 0 aromatic carbocycles. The Balaban J connectivity index is 1.71. The van der Waals surface area contributed by atoms with Crippen LogP contribution < -0.4 is 5.32 Å². The largest absolute Gasteiger partial charge is 0.305 e. The quantitative estimate of drug-likeness (QED) is 0.802. The second kappa shape index (κ2) is 5.28. The Morgan fingerprint density at radius 3 is 3.11 bits per heavy atom. The zero-order chi connectivity index (χ0) is 13.2. The number of thiazole rings is 1. The van der Waals surface area contributed by atoms with Crippen LogP contribution in [0.1, 0.15) is 23.7 Å². The average Bonchev–Trinajstić information content (AvgIpc) is 3.04. The molecule has 3 rings (SSSR count). The van der Waals surface area contributed by atoms with Gasteiger partial charge in [-0.15, -0.1) is 11.3 Å². The van der Waals surface area contributed by atoms with Crippen LogP contribution >= 0.6 is 22.9 Å². The molecule has 98 valence electrons. The second-order valence-electron chi connectivity index (χ2n) is 4.32. The van der Waals surface area contributed by atoms with Crippen molar-refractivity contribution in [1.82, 2.24) is 19.7 Å². The number of halogens is 1. The molecule has 0 spiro atoms. The highest BCUT2D eigenvalue weighted by molar-refractivity contribution is 7.09. The van der Waals surface area contributed by atoms with Gasteiger partial charge in [-0.1, -0.05) is 11.6 Å². The number of pyridine rings is 1. The molecule has 0 aliphatic carbocycles. The molecule has 19 heavy (non-hydrogen) atoms. The Hall–Kier alpha value is -1.43. The third-order valence-corrected chi connectivity index (χ3v) is 4.06. The van der Waals surface area contributed by atoms with E-state index >= 15 is 0 Å². The molecular weight excluding hydrogens is 280 g/mol. The smallest absolute Gasteiger partial charge is 0.137 e.